The Hall–Kier alpha value is -2.71. The molecule has 0 radical (unpaired) electrons. The fourth-order valence-corrected chi connectivity index (χ4v) is 2.65. The van der Waals surface area contributed by atoms with E-state index in [2.05, 4.69) is 25.9 Å². The predicted molar refractivity (Wildman–Crippen MR) is 98.9 cm³/mol. The minimum Gasteiger partial charge on any atom is -0.476 e. The van der Waals surface area contributed by atoms with Crippen molar-refractivity contribution in [1.29, 1.82) is 0 Å². The summed E-state index contributed by atoms with van der Waals surface area (Å²) in [6.07, 6.45) is 2.94. The maximum absolute atomic E-state index is 11.4. The third-order valence-electron chi connectivity index (χ3n) is 3.99. The number of anilines is 3. The second kappa shape index (κ2) is 8.59. The molecule has 1 amide bonds. The number of benzene rings is 1. The number of rotatable bonds is 8. The standard InChI is InChI=1S/C18H23N5O3/c1-12-11-20-18(23-17(12)26-9-7-19-6-8-24)21-14-3-4-15-13(10-14)2-5-16(25)22-15/h3-4,10-11,19,24H,2,5-9H2,1H3,(H,22,25)(H,20,21,23). The van der Waals surface area contributed by atoms with Crippen molar-refractivity contribution >= 4 is 23.2 Å². The molecule has 3 rings (SSSR count). The van der Waals surface area contributed by atoms with Gasteiger partial charge in [-0.15, -0.1) is 0 Å². The van der Waals surface area contributed by atoms with Gasteiger partial charge in [0.25, 0.3) is 0 Å². The maximum Gasteiger partial charge on any atom is 0.230 e. The van der Waals surface area contributed by atoms with Crippen molar-refractivity contribution in [2.75, 3.05) is 36.9 Å². The minimum absolute atomic E-state index is 0.0512. The highest BCUT2D eigenvalue weighted by atomic mass is 16.5. The Morgan fingerprint density at radius 3 is 3.04 bits per heavy atom. The van der Waals surface area contributed by atoms with Crippen LogP contribution in [0.4, 0.5) is 17.3 Å². The van der Waals surface area contributed by atoms with E-state index in [9.17, 15) is 4.79 Å². The summed E-state index contributed by atoms with van der Waals surface area (Å²) in [5.41, 5.74) is 3.66. The highest BCUT2D eigenvalue weighted by Gasteiger charge is 2.15. The summed E-state index contributed by atoms with van der Waals surface area (Å²) in [6.45, 7) is 3.61. The Kier molecular flexibility index (Phi) is 5.98. The van der Waals surface area contributed by atoms with Gasteiger partial charge in [0.05, 0.1) is 6.61 Å². The fourth-order valence-electron chi connectivity index (χ4n) is 2.65. The molecule has 0 aliphatic carbocycles. The number of carbonyl (C=O) groups is 1. The molecule has 0 spiro atoms. The molecule has 0 atom stereocenters. The zero-order valence-corrected chi connectivity index (χ0v) is 14.7. The number of hydrogen-bond acceptors (Lipinski definition) is 7. The Balaban J connectivity index is 1.64. The van der Waals surface area contributed by atoms with Crippen LogP contribution in [0.15, 0.2) is 24.4 Å². The van der Waals surface area contributed by atoms with E-state index in [1.807, 2.05) is 25.1 Å². The number of fused-ring (bicyclic) bond motifs is 1. The first-order valence-corrected chi connectivity index (χ1v) is 8.63. The second-order valence-corrected chi connectivity index (χ2v) is 6.05. The summed E-state index contributed by atoms with van der Waals surface area (Å²) in [5, 5.41) is 17.8. The van der Waals surface area contributed by atoms with Gasteiger partial charge in [0.1, 0.15) is 6.61 Å². The molecule has 138 valence electrons. The molecule has 0 saturated heterocycles. The summed E-state index contributed by atoms with van der Waals surface area (Å²) >= 11 is 0. The minimum atomic E-state index is 0.0512. The van der Waals surface area contributed by atoms with E-state index in [1.165, 1.54) is 0 Å². The number of aliphatic hydroxyl groups excluding tert-OH is 1. The topological polar surface area (TPSA) is 108 Å². The number of hydrogen-bond donors (Lipinski definition) is 4. The zero-order valence-electron chi connectivity index (χ0n) is 14.7. The summed E-state index contributed by atoms with van der Waals surface area (Å²) in [4.78, 5) is 20.2. The van der Waals surface area contributed by atoms with Crippen molar-refractivity contribution in [3.8, 4) is 5.88 Å². The quantitative estimate of drug-likeness (QED) is 0.529. The summed E-state index contributed by atoms with van der Waals surface area (Å²) in [6, 6.07) is 5.76. The fraction of sp³-hybridized carbons (Fsp3) is 0.389. The number of aliphatic hydroxyl groups is 1. The van der Waals surface area contributed by atoms with Gasteiger partial charge >= 0.3 is 0 Å². The van der Waals surface area contributed by atoms with Gasteiger partial charge < -0.3 is 25.8 Å². The zero-order chi connectivity index (χ0) is 18.4. The largest absolute Gasteiger partial charge is 0.476 e. The molecule has 4 N–H and O–H groups in total. The van der Waals surface area contributed by atoms with Crippen molar-refractivity contribution in [2.24, 2.45) is 0 Å². The molecule has 1 aliphatic rings. The lowest BCUT2D eigenvalue weighted by Gasteiger charge is -2.18. The van der Waals surface area contributed by atoms with Crippen molar-refractivity contribution in [2.45, 2.75) is 19.8 Å². The molecule has 2 heterocycles. The van der Waals surface area contributed by atoms with E-state index < -0.39 is 0 Å². The second-order valence-electron chi connectivity index (χ2n) is 6.05. The number of nitrogens with one attached hydrogen (secondary N) is 3. The molecule has 1 aliphatic heterocycles. The van der Waals surface area contributed by atoms with E-state index in [0.717, 1.165) is 28.9 Å². The number of aryl methyl sites for hydroxylation is 2. The third-order valence-corrected chi connectivity index (χ3v) is 3.99. The number of amides is 1. The van der Waals surface area contributed by atoms with Crippen molar-refractivity contribution in [3.05, 3.63) is 35.5 Å². The van der Waals surface area contributed by atoms with Gasteiger partial charge in [-0.05, 0) is 37.1 Å². The number of aromatic nitrogens is 2. The highest BCUT2D eigenvalue weighted by Crippen LogP contribution is 2.27. The Bertz CT molecular complexity index is 781. The van der Waals surface area contributed by atoms with Crippen LogP contribution in [-0.4, -0.2) is 47.3 Å². The van der Waals surface area contributed by atoms with Crippen molar-refractivity contribution in [3.63, 3.8) is 0 Å². The molecule has 0 saturated carbocycles. The molecule has 1 aromatic heterocycles. The highest BCUT2D eigenvalue weighted by molar-refractivity contribution is 5.94. The first kappa shape index (κ1) is 18.1. The lowest BCUT2D eigenvalue weighted by atomic mass is 10.0. The monoisotopic (exact) mass is 357 g/mol. The lowest BCUT2D eigenvalue weighted by molar-refractivity contribution is -0.116. The third kappa shape index (κ3) is 4.68. The van der Waals surface area contributed by atoms with Crippen LogP contribution in [0.25, 0.3) is 0 Å². The molecular formula is C18H23N5O3. The van der Waals surface area contributed by atoms with E-state index in [-0.39, 0.29) is 12.5 Å². The van der Waals surface area contributed by atoms with Crippen LogP contribution in [0.1, 0.15) is 17.5 Å². The molecule has 8 heteroatoms. The van der Waals surface area contributed by atoms with Gasteiger partial charge in [-0.2, -0.15) is 4.98 Å². The Morgan fingerprint density at radius 1 is 1.31 bits per heavy atom. The normalized spacial score (nSPS) is 13.1. The summed E-state index contributed by atoms with van der Waals surface area (Å²) in [7, 11) is 0. The van der Waals surface area contributed by atoms with Gasteiger partial charge in [-0.3, -0.25) is 4.79 Å². The molecular weight excluding hydrogens is 334 g/mol. The van der Waals surface area contributed by atoms with Gasteiger partial charge in [-0.1, -0.05) is 0 Å². The molecule has 1 aromatic carbocycles. The average molecular weight is 357 g/mol. The molecule has 2 aromatic rings. The van der Waals surface area contributed by atoms with E-state index in [4.69, 9.17) is 9.84 Å². The van der Waals surface area contributed by atoms with E-state index >= 15 is 0 Å². The van der Waals surface area contributed by atoms with Gasteiger partial charge in [0.2, 0.25) is 17.7 Å². The number of carbonyl (C=O) groups excluding carboxylic acids is 1. The Labute approximate surface area is 152 Å². The van der Waals surface area contributed by atoms with Gasteiger partial charge in [0, 0.05) is 42.6 Å². The number of nitrogens with zero attached hydrogens (tertiary/aromatic N) is 2. The van der Waals surface area contributed by atoms with Crippen LogP contribution < -0.4 is 20.7 Å². The van der Waals surface area contributed by atoms with Gasteiger partial charge in [-0.25, -0.2) is 4.98 Å². The molecule has 8 nitrogen and oxygen atoms in total. The van der Waals surface area contributed by atoms with E-state index in [1.54, 1.807) is 6.20 Å². The van der Waals surface area contributed by atoms with E-state index in [0.29, 0.717) is 37.9 Å². The van der Waals surface area contributed by atoms with Crippen molar-refractivity contribution in [1.82, 2.24) is 15.3 Å². The van der Waals surface area contributed by atoms with Crippen LogP contribution in [0, 0.1) is 6.92 Å². The molecule has 0 bridgehead atoms. The van der Waals surface area contributed by atoms with Crippen LogP contribution in [0.5, 0.6) is 5.88 Å². The smallest absolute Gasteiger partial charge is 0.230 e. The lowest BCUT2D eigenvalue weighted by Crippen LogP contribution is -2.24. The SMILES string of the molecule is Cc1cnc(Nc2ccc3c(c2)CCC(=O)N3)nc1OCCNCCO. The molecule has 0 unspecified atom stereocenters. The van der Waals surface area contributed by atoms with Crippen LogP contribution in [0.3, 0.4) is 0 Å². The first-order valence-electron chi connectivity index (χ1n) is 8.63. The van der Waals surface area contributed by atoms with Crippen molar-refractivity contribution < 1.29 is 14.6 Å². The van der Waals surface area contributed by atoms with Crippen LogP contribution >= 0.6 is 0 Å². The number of ether oxygens (including phenoxy) is 1. The maximum atomic E-state index is 11.4. The average Bonchev–Trinajstić information content (AvgIpc) is 2.64. The van der Waals surface area contributed by atoms with Crippen LogP contribution in [0.2, 0.25) is 0 Å². The van der Waals surface area contributed by atoms with Crippen LogP contribution in [-0.2, 0) is 11.2 Å². The summed E-state index contributed by atoms with van der Waals surface area (Å²) < 4.78 is 5.68. The molecule has 0 fully saturated rings. The molecule has 26 heavy (non-hydrogen) atoms. The predicted octanol–water partition coefficient (Wildman–Crippen LogP) is 1.37. The Morgan fingerprint density at radius 2 is 2.19 bits per heavy atom. The first-order chi connectivity index (χ1) is 12.7. The van der Waals surface area contributed by atoms with Gasteiger partial charge in [0.15, 0.2) is 0 Å². The summed E-state index contributed by atoms with van der Waals surface area (Å²) in [5.74, 6) is 1.03.